The number of carbonyl (C=O) groups is 4. The molecule has 0 spiro atoms. The third-order valence-electron chi connectivity index (χ3n) is 4.55. The van der Waals surface area contributed by atoms with Crippen LogP contribution in [-0.2, 0) is 25.6 Å². The Morgan fingerprint density at radius 1 is 0.875 bits per heavy atom. The van der Waals surface area contributed by atoms with Gasteiger partial charge < -0.3 is 39.3 Å². The van der Waals surface area contributed by atoms with Gasteiger partial charge in [-0.15, -0.1) is 0 Å². The molecule has 4 amide bonds. The summed E-state index contributed by atoms with van der Waals surface area (Å²) in [7, 11) is 0. The van der Waals surface area contributed by atoms with E-state index in [1.807, 2.05) is 30.3 Å². The van der Waals surface area contributed by atoms with E-state index >= 15 is 0 Å². The molecule has 32 heavy (non-hydrogen) atoms. The Morgan fingerprint density at radius 2 is 1.50 bits per heavy atom. The molecule has 0 heterocycles. The first kappa shape index (κ1) is 26.4. The van der Waals surface area contributed by atoms with Gasteiger partial charge in [-0.25, -0.2) is 0 Å². The second-order valence-corrected chi connectivity index (χ2v) is 7.27. The van der Waals surface area contributed by atoms with Crippen molar-refractivity contribution in [2.45, 2.75) is 50.2 Å². The van der Waals surface area contributed by atoms with E-state index in [9.17, 15) is 19.2 Å². The molecule has 0 unspecified atom stereocenters. The third-order valence-corrected chi connectivity index (χ3v) is 4.55. The molecular formula is C20H32N8O4. The molecule has 0 fully saturated rings. The van der Waals surface area contributed by atoms with Gasteiger partial charge in [0.2, 0.25) is 23.6 Å². The van der Waals surface area contributed by atoms with Gasteiger partial charge in [-0.3, -0.25) is 24.2 Å². The summed E-state index contributed by atoms with van der Waals surface area (Å²) in [5, 5.41) is 5.02. The Balaban J connectivity index is 2.78. The second-order valence-electron chi connectivity index (χ2n) is 7.27. The summed E-state index contributed by atoms with van der Waals surface area (Å²) in [5.74, 6) is -2.76. The number of carbonyl (C=O) groups excluding carboxylic acids is 4. The molecule has 12 heteroatoms. The van der Waals surface area contributed by atoms with Crippen LogP contribution in [0.1, 0.15) is 31.2 Å². The van der Waals surface area contributed by atoms with Crippen LogP contribution >= 0.6 is 0 Å². The minimum absolute atomic E-state index is 0.0650. The number of nitrogens with two attached hydrogens (primary N) is 5. The summed E-state index contributed by atoms with van der Waals surface area (Å²) in [6.07, 6.45) is 0.599. The molecule has 1 rings (SSSR count). The number of nitrogens with one attached hydrogen (secondary N) is 2. The lowest BCUT2D eigenvalue weighted by molar-refractivity contribution is -0.132. The fraction of sp³-hybridized carbons (Fsp3) is 0.450. The maximum atomic E-state index is 12.7. The lowest BCUT2D eigenvalue weighted by atomic mass is 10.0. The molecule has 0 aliphatic carbocycles. The highest BCUT2D eigenvalue weighted by atomic mass is 16.2. The number of aliphatic imine (C=N–C) groups is 1. The molecule has 0 aliphatic heterocycles. The number of nitrogens with zero attached hydrogens (tertiary/aromatic N) is 1. The van der Waals surface area contributed by atoms with Gasteiger partial charge in [0.25, 0.3) is 0 Å². The molecule has 0 radical (unpaired) electrons. The summed E-state index contributed by atoms with van der Waals surface area (Å²) in [5.41, 5.74) is 27.8. The highest BCUT2D eigenvalue weighted by Gasteiger charge is 2.27. The van der Waals surface area contributed by atoms with Gasteiger partial charge in [0, 0.05) is 13.0 Å². The van der Waals surface area contributed by atoms with Gasteiger partial charge in [0.05, 0.1) is 6.04 Å². The molecule has 0 saturated heterocycles. The first-order valence-electron chi connectivity index (χ1n) is 10.1. The van der Waals surface area contributed by atoms with Crippen LogP contribution in [-0.4, -0.2) is 54.3 Å². The molecule has 1 aromatic carbocycles. The number of benzene rings is 1. The van der Waals surface area contributed by atoms with Crippen LogP contribution in [0, 0.1) is 0 Å². The van der Waals surface area contributed by atoms with E-state index in [0.29, 0.717) is 6.42 Å². The molecule has 12 N–H and O–H groups in total. The SMILES string of the molecule is NC(=O)CC[C@H](NC(=O)[C@@H](N)Cc1ccccc1)C(=O)N[C@@H](CCCN=C(N)N)C(N)=O. The van der Waals surface area contributed by atoms with E-state index in [2.05, 4.69) is 15.6 Å². The van der Waals surface area contributed by atoms with Crippen LogP contribution in [0.2, 0.25) is 0 Å². The first-order valence-corrected chi connectivity index (χ1v) is 10.1. The average molecular weight is 449 g/mol. The fourth-order valence-electron chi connectivity index (χ4n) is 2.86. The normalized spacial score (nSPS) is 13.3. The van der Waals surface area contributed by atoms with Crippen molar-refractivity contribution in [3.63, 3.8) is 0 Å². The van der Waals surface area contributed by atoms with Gasteiger partial charge >= 0.3 is 0 Å². The Morgan fingerprint density at radius 3 is 2.06 bits per heavy atom. The molecule has 12 nitrogen and oxygen atoms in total. The molecule has 3 atom stereocenters. The fourth-order valence-corrected chi connectivity index (χ4v) is 2.86. The number of primary amides is 2. The topological polar surface area (TPSA) is 235 Å². The minimum Gasteiger partial charge on any atom is -0.370 e. The molecule has 0 bridgehead atoms. The van der Waals surface area contributed by atoms with Crippen LogP contribution in [0.15, 0.2) is 35.3 Å². The van der Waals surface area contributed by atoms with Crippen LogP contribution < -0.4 is 39.3 Å². The van der Waals surface area contributed by atoms with E-state index in [0.717, 1.165) is 5.56 Å². The molecule has 1 aromatic rings. The zero-order chi connectivity index (χ0) is 24.1. The smallest absolute Gasteiger partial charge is 0.243 e. The van der Waals surface area contributed by atoms with Crippen LogP contribution in [0.3, 0.4) is 0 Å². The van der Waals surface area contributed by atoms with Crippen LogP contribution in [0.25, 0.3) is 0 Å². The van der Waals surface area contributed by atoms with Gasteiger partial charge in [-0.05, 0) is 31.2 Å². The van der Waals surface area contributed by atoms with Crippen molar-refractivity contribution in [2.24, 2.45) is 33.7 Å². The summed E-state index contributed by atoms with van der Waals surface area (Å²) in [6, 6.07) is 6.06. The summed E-state index contributed by atoms with van der Waals surface area (Å²) in [4.78, 5) is 52.0. The molecule has 0 aliphatic rings. The van der Waals surface area contributed by atoms with E-state index in [1.165, 1.54) is 0 Å². The molecule has 0 saturated carbocycles. The van der Waals surface area contributed by atoms with Crippen molar-refractivity contribution < 1.29 is 19.2 Å². The van der Waals surface area contributed by atoms with E-state index in [-0.39, 0.29) is 38.2 Å². The predicted octanol–water partition coefficient (Wildman–Crippen LogP) is -2.67. The summed E-state index contributed by atoms with van der Waals surface area (Å²) < 4.78 is 0. The van der Waals surface area contributed by atoms with Crippen molar-refractivity contribution in [3.8, 4) is 0 Å². The lowest BCUT2D eigenvalue weighted by Gasteiger charge is -2.23. The van der Waals surface area contributed by atoms with E-state index < -0.39 is 41.8 Å². The third kappa shape index (κ3) is 10.4. The van der Waals surface area contributed by atoms with Crippen molar-refractivity contribution in [1.29, 1.82) is 0 Å². The van der Waals surface area contributed by atoms with Gasteiger partial charge in [0.15, 0.2) is 5.96 Å². The predicted molar refractivity (Wildman–Crippen MR) is 120 cm³/mol. The highest BCUT2D eigenvalue weighted by molar-refractivity contribution is 5.93. The van der Waals surface area contributed by atoms with Crippen molar-refractivity contribution in [1.82, 2.24) is 10.6 Å². The van der Waals surface area contributed by atoms with Crippen molar-refractivity contribution >= 4 is 29.6 Å². The van der Waals surface area contributed by atoms with Crippen molar-refractivity contribution in [3.05, 3.63) is 35.9 Å². The molecular weight excluding hydrogens is 416 g/mol. The van der Waals surface area contributed by atoms with E-state index in [4.69, 9.17) is 28.7 Å². The minimum atomic E-state index is -1.13. The Hall–Kier alpha value is -3.67. The standard InChI is InChI=1S/C20H32N8O4/c21-13(11-12-5-2-1-3-6-12)18(31)28-15(8-9-16(22)29)19(32)27-14(17(23)30)7-4-10-26-20(24)25/h1-3,5-6,13-15H,4,7-11,21H2,(H2,22,29)(H2,23,30)(H,27,32)(H,28,31)(H4,24,25,26)/t13-,14-,15-/m0/s1. The number of hydrogen-bond donors (Lipinski definition) is 7. The molecule has 176 valence electrons. The van der Waals surface area contributed by atoms with Gasteiger partial charge in [-0.2, -0.15) is 0 Å². The number of guanidine groups is 1. The van der Waals surface area contributed by atoms with Crippen molar-refractivity contribution in [2.75, 3.05) is 6.54 Å². The highest BCUT2D eigenvalue weighted by Crippen LogP contribution is 2.05. The lowest BCUT2D eigenvalue weighted by Crippen LogP contribution is -2.55. The summed E-state index contributed by atoms with van der Waals surface area (Å²) >= 11 is 0. The number of amides is 4. The number of hydrogen-bond acceptors (Lipinski definition) is 6. The monoisotopic (exact) mass is 448 g/mol. The maximum absolute atomic E-state index is 12.7. The summed E-state index contributed by atoms with van der Waals surface area (Å²) in [6.45, 7) is 0.248. The number of rotatable bonds is 14. The van der Waals surface area contributed by atoms with E-state index in [1.54, 1.807) is 0 Å². The maximum Gasteiger partial charge on any atom is 0.243 e. The average Bonchev–Trinajstić information content (AvgIpc) is 2.73. The van der Waals surface area contributed by atoms with Crippen LogP contribution in [0.4, 0.5) is 0 Å². The van der Waals surface area contributed by atoms with Gasteiger partial charge in [-0.1, -0.05) is 30.3 Å². The Labute approximate surface area is 186 Å². The Kier molecular flexibility index (Phi) is 11.2. The first-order chi connectivity index (χ1) is 15.1. The van der Waals surface area contributed by atoms with Gasteiger partial charge in [0.1, 0.15) is 12.1 Å². The van der Waals surface area contributed by atoms with Crippen LogP contribution in [0.5, 0.6) is 0 Å². The second kappa shape index (κ2) is 13.6. The zero-order valence-electron chi connectivity index (χ0n) is 17.8. The largest absolute Gasteiger partial charge is 0.370 e. The molecule has 0 aromatic heterocycles. The Bertz CT molecular complexity index is 811. The quantitative estimate of drug-likeness (QED) is 0.0904. The zero-order valence-corrected chi connectivity index (χ0v) is 17.8.